The van der Waals surface area contributed by atoms with E-state index in [4.69, 9.17) is 26.9 Å². The monoisotopic (exact) mass is 464 g/mol. The lowest BCUT2D eigenvalue weighted by Crippen LogP contribution is -2.39. The Hall–Kier alpha value is -1.64. The number of anilines is 2. The van der Waals surface area contributed by atoms with E-state index in [1.54, 1.807) is 0 Å². The molecule has 31 heavy (non-hydrogen) atoms. The zero-order chi connectivity index (χ0) is 23.3. The number of nitrogen functional groups attached to an aromatic ring is 1. The van der Waals surface area contributed by atoms with Gasteiger partial charge in [-0.25, -0.2) is 4.98 Å². The van der Waals surface area contributed by atoms with Crippen molar-refractivity contribution in [3.63, 3.8) is 0 Å². The van der Waals surface area contributed by atoms with E-state index in [1.165, 1.54) is 11.3 Å². The van der Waals surface area contributed by atoms with Crippen molar-refractivity contribution in [1.29, 1.82) is 0 Å². The normalized spacial score (nSPS) is 18.3. The fourth-order valence-corrected chi connectivity index (χ4v) is 5.79. The van der Waals surface area contributed by atoms with E-state index in [9.17, 15) is 0 Å². The topological polar surface area (TPSA) is 82.1 Å². The Morgan fingerprint density at radius 2 is 1.90 bits per heavy atom. The molecule has 0 bridgehead atoms. The van der Waals surface area contributed by atoms with Crippen LogP contribution in [0.25, 0.3) is 0 Å². The van der Waals surface area contributed by atoms with Crippen LogP contribution in [0.1, 0.15) is 82.9 Å². The Bertz CT molecular complexity index is 968. The van der Waals surface area contributed by atoms with Crippen LogP contribution >= 0.6 is 11.6 Å². The third-order valence-corrected chi connectivity index (χ3v) is 8.32. The Morgan fingerprint density at radius 3 is 2.45 bits per heavy atom. The number of fused-ring (bicyclic) bond motifs is 1. The van der Waals surface area contributed by atoms with Crippen molar-refractivity contribution in [1.82, 2.24) is 19.7 Å². The molecule has 7 nitrogen and oxygen atoms in total. The van der Waals surface area contributed by atoms with Crippen molar-refractivity contribution in [3.05, 3.63) is 27.7 Å². The van der Waals surface area contributed by atoms with Crippen LogP contribution < -0.4 is 10.6 Å². The first-order valence-corrected chi connectivity index (χ1v) is 12.7. The van der Waals surface area contributed by atoms with Gasteiger partial charge in [-0.05, 0) is 44.7 Å². The summed E-state index contributed by atoms with van der Waals surface area (Å²) in [5, 5.41) is 5.46. The van der Waals surface area contributed by atoms with Crippen LogP contribution in [0.15, 0.2) is 0 Å². The summed E-state index contributed by atoms with van der Waals surface area (Å²) in [6.45, 7) is 18.2. The van der Waals surface area contributed by atoms with Gasteiger partial charge in [-0.1, -0.05) is 39.3 Å². The minimum atomic E-state index is -0.750. The lowest BCUT2D eigenvalue weighted by atomic mass is 9.87. The summed E-state index contributed by atoms with van der Waals surface area (Å²) >= 11 is 6.64. The van der Waals surface area contributed by atoms with Crippen molar-refractivity contribution in [2.24, 2.45) is 7.05 Å². The number of aryl methyl sites for hydroxylation is 1. The number of hydrogen-bond acceptors (Lipinski definition) is 6. The average Bonchev–Trinajstić information content (AvgIpc) is 3.17. The molecule has 3 rings (SSSR count). The molecule has 2 aromatic heterocycles. The van der Waals surface area contributed by atoms with Gasteiger partial charge in [-0.15, -0.1) is 0 Å². The summed E-state index contributed by atoms with van der Waals surface area (Å²) in [6, 6.07) is 0.0243. The second-order valence-electron chi connectivity index (χ2n) is 10.4. The molecule has 0 amide bonds. The number of nitrogens with two attached hydrogens (primary N) is 1. The molecule has 0 saturated heterocycles. The summed E-state index contributed by atoms with van der Waals surface area (Å²) in [7, 11) is 1.26. The van der Waals surface area contributed by atoms with Gasteiger partial charge in [-0.3, -0.25) is 4.68 Å². The van der Waals surface area contributed by atoms with E-state index in [0.29, 0.717) is 5.15 Å². The second kappa shape index (κ2) is 8.37. The van der Waals surface area contributed by atoms with E-state index >= 15 is 0 Å². The molecule has 2 N–H and O–H groups in total. The maximum absolute atomic E-state index is 6.64. The SMILES string of the molecule is CCc1c(C)c(C(C)N2CC(C(C)(C)O[SiH2]C(C)(C)C)c3c(Cl)nc(N)nc32)nn1C. The zero-order valence-electron chi connectivity index (χ0n) is 20.4. The Balaban J connectivity index is 2.03. The van der Waals surface area contributed by atoms with Gasteiger partial charge in [0.25, 0.3) is 0 Å². The second-order valence-corrected chi connectivity index (χ2v) is 13.4. The predicted molar refractivity (Wildman–Crippen MR) is 131 cm³/mol. The molecule has 0 saturated carbocycles. The van der Waals surface area contributed by atoms with Crippen molar-refractivity contribution in [2.75, 3.05) is 17.2 Å². The first-order valence-electron chi connectivity index (χ1n) is 11.0. The van der Waals surface area contributed by atoms with Gasteiger partial charge in [0.05, 0.1) is 17.3 Å². The highest BCUT2D eigenvalue weighted by molar-refractivity contribution is 6.32. The standard InChI is InChI=1S/C22H37ClN6OSi/c1-10-15-12(2)17(27-28(15)9)13(3)29-11-14(22(7,8)30-31-21(4,5)6)16-18(23)25-20(24)26-19(16)29/h13-14H,10-11,31H2,1-9H3,(H2,24,25,26). The molecular formula is C22H37ClN6OSi. The molecule has 0 fully saturated rings. The van der Waals surface area contributed by atoms with Gasteiger partial charge in [0.15, 0.2) is 9.76 Å². The first kappa shape index (κ1) is 24.0. The molecule has 1 aliphatic heterocycles. The minimum Gasteiger partial charge on any atom is -0.418 e. The molecule has 2 unspecified atom stereocenters. The fraction of sp³-hybridized carbons (Fsp3) is 0.682. The van der Waals surface area contributed by atoms with E-state index in [0.717, 1.165) is 30.0 Å². The van der Waals surface area contributed by atoms with Crippen LogP contribution in [0.5, 0.6) is 0 Å². The average molecular weight is 465 g/mol. The zero-order valence-corrected chi connectivity index (χ0v) is 22.5. The number of halogens is 1. The van der Waals surface area contributed by atoms with Crippen molar-refractivity contribution < 1.29 is 4.43 Å². The molecule has 2 aromatic rings. The van der Waals surface area contributed by atoms with Crippen molar-refractivity contribution in [3.8, 4) is 0 Å². The third-order valence-electron chi connectivity index (χ3n) is 6.28. The van der Waals surface area contributed by atoms with E-state index in [2.05, 4.69) is 70.3 Å². The van der Waals surface area contributed by atoms with Crippen LogP contribution in [0, 0.1) is 6.92 Å². The highest BCUT2D eigenvalue weighted by Crippen LogP contribution is 2.48. The molecule has 0 radical (unpaired) electrons. The Morgan fingerprint density at radius 1 is 1.26 bits per heavy atom. The van der Waals surface area contributed by atoms with Crippen molar-refractivity contribution in [2.45, 2.75) is 84.4 Å². The molecule has 0 aromatic carbocycles. The number of aromatic nitrogens is 4. The summed E-state index contributed by atoms with van der Waals surface area (Å²) < 4.78 is 8.55. The molecule has 3 heterocycles. The van der Waals surface area contributed by atoms with Crippen LogP contribution in [-0.2, 0) is 17.9 Å². The molecule has 172 valence electrons. The number of nitrogens with zero attached hydrogens (tertiary/aromatic N) is 5. The fourth-order valence-electron chi connectivity index (χ4n) is 4.48. The third kappa shape index (κ3) is 4.61. The maximum Gasteiger partial charge on any atom is 0.223 e. The Kier molecular flexibility index (Phi) is 6.48. The summed E-state index contributed by atoms with van der Waals surface area (Å²) in [6.07, 6.45) is 0.945. The van der Waals surface area contributed by atoms with Crippen LogP contribution in [0.3, 0.4) is 0 Å². The van der Waals surface area contributed by atoms with Crippen molar-refractivity contribution >= 4 is 33.1 Å². The quantitative estimate of drug-likeness (QED) is 0.512. The lowest BCUT2D eigenvalue weighted by molar-refractivity contribution is 0.0825. The molecule has 9 heteroatoms. The molecular weight excluding hydrogens is 428 g/mol. The highest BCUT2D eigenvalue weighted by Gasteiger charge is 2.45. The number of rotatable bonds is 6. The molecule has 0 aliphatic carbocycles. The smallest absolute Gasteiger partial charge is 0.223 e. The van der Waals surface area contributed by atoms with E-state index in [-0.39, 0.29) is 28.5 Å². The summed E-state index contributed by atoms with van der Waals surface area (Å²) in [5.41, 5.74) is 10.1. The predicted octanol–water partition coefficient (Wildman–Crippen LogP) is 4.08. The maximum atomic E-state index is 6.64. The van der Waals surface area contributed by atoms with Gasteiger partial charge in [0, 0.05) is 30.8 Å². The number of hydrogen-bond donors (Lipinski definition) is 1. The van der Waals surface area contributed by atoms with E-state index < -0.39 is 9.76 Å². The van der Waals surface area contributed by atoms with Gasteiger partial charge in [0.1, 0.15) is 11.0 Å². The first-order chi connectivity index (χ1) is 14.3. The summed E-state index contributed by atoms with van der Waals surface area (Å²) in [4.78, 5) is 11.2. The van der Waals surface area contributed by atoms with Gasteiger partial charge in [-0.2, -0.15) is 10.1 Å². The van der Waals surface area contributed by atoms with Gasteiger partial charge >= 0.3 is 0 Å². The molecule has 1 aliphatic rings. The Labute approximate surface area is 193 Å². The lowest BCUT2D eigenvalue weighted by Gasteiger charge is -2.36. The van der Waals surface area contributed by atoms with Crippen LogP contribution in [0.4, 0.5) is 11.8 Å². The minimum absolute atomic E-state index is 0.0243. The molecule has 0 spiro atoms. The summed E-state index contributed by atoms with van der Waals surface area (Å²) in [5.74, 6) is 1.03. The van der Waals surface area contributed by atoms with Crippen LogP contribution in [-0.4, -0.2) is 41.7 Å². The highest BCUT2D eigenvalue weighted by atomic mass is 35.5. The molecule has 2 atom stereocenters. The largest absolute Gasteiger partial charge is 0.418 e. The van der Waals surface area contributed by atoms with Gasteiger partial charge < -0.3 is 15.1 Å². The van der Waals surface area contributed by atoms with E-state index in [1.807, 2.05) is 11.7 Å². The van der Waals surface area contributed by atoms with Crippen LogP contribution in [0.2, 0.25) is 10.2 Å². The van der Waals surface area contributed by atoms with Gasteiger partial charge in [0.2, 0.25) is 5.95 Å².